The second-order valence-corrected chi connectivity index (χ2v) is 6.11. The van der Waals surface area contributed by atoms with Gasteiger partial charge in [-0.3, -0.25) is 4.79 Å². The van der Waals surface area contributed by atoms with Crippen LogP contribution in [0.15, 0.2) is 65.8 Å². The van der Waals surface area contributed by atoms with Crippen LogP contribution in [-0.4, -0.2) is 23.9 Å². The van der Waals surface area contributed by atoms with E-state index < -0.39 is 0 Å². The molecule has 0 spiro atoms. The molecule has 0 saturated carbocycles. The number of hydrogen-bond acceptors (Lipinski definition) is 1. The lowest BCUT2D eigenvalue weighted by Gasteiger charge is -2.30. The number of carbonyl (C=O) groups is 1. The minimum Gasteiger partial charge on any atom is -0.338 e. The lowest BCUT2D eigenvalue weighted by molar-refractivity contribution is -0.131. The predicted octanol–water partition coefficient (Wildman–Crippen LogP) is 4.23. The molecule has 0 aromatic heterocycles. The third-order valence-corrected chi connectivity index (χ3v) is 4.48. The maximum Gasteiger partial charge on any atom is 0.234 e. The van der Waals surface area contributed by atoms with Crippen LogP contribution in [0.5, 0.6) is 0 Å². The van der Waals surface area contributed by atoms with Gasteiger partial charge in [0.15, 0.2) is 0 Å². The minimum absolute atomic E-state index is 0.162. The molecule has 1 atom stereocenters. The highest BCUT2D eigenvalue weighted by molar-refractivity contribution is 5.88. The number of nitrogens with zero attached hydrogens (tertiary/aromatic N) is 1. The summed E-state index contributed by atoms with van der Waals surface area (Å²) in [5, 5.41) is 0. The van der Waals surface area contributed by atoms with Gasteiger partial charge in [-0.2, -0.15) is 0 Å². The van der Waals surface area contributed by atoms with Gasteiger partial charge in [0.05, 0.1) is 5.92 Å². The van der Waals surface area contributed by atoms with E-state index in [9.17, 15) is 4.79 Å². The van der Waals surface area contributed by atoms with Gasteiger partial charge in [-0.15, -0.1) is 0 Å². The fourth-order valence-corrected chi connectivity index (χ4v) is 3.12. The van der Waals surface area contributed by atoms with Crippen LogP contribution in [0.25, 0.3) is 0 Å². The Morgan fingerprint density at radius 3 is 2.59 bits per heavy atom. The number of carbonyl (C=O) groups excluding carboxylic acids is 1. The van der Waals surface area contributed by atoms with Gasteiger partial charge in [-0.05, 0) is 37.3 Å². The maximum absolute atomic E-state index is 13.1. The largest absolute Gasteiger partial charge is 0.338 e. The van der Waals surface area contributed by atoms with Gasteiger partial charge in [0.25, 0.3) is 0 Å². The average Bonchev–Trinajstić information content (AvgIpc) is 2.57. The van der Waals surface area contributed by atoms with Crippen molar-refractivity contribution in [3.05, 3.63) is 71.3 Å². The topological polar surface area (TPSA) is 20.3 Å². The van der Waals surface area contributed by atoms with E-state index in [0.717, 1.165) is 43.5 Å². The molecule has 1 aromatic rings. The minimum atomic E-state index is -0.162. The zero-order valence-corrected chi connectivity index (χ0v) is 13.2. The van der Waals surface area contributed by atoms with Gasteiger partial charge in [0.1, 0.15) is 0 Å². The quantitative estimate of drug-likeness (QED) is 0.764. The Labute approximate surface area is 132 Å². The molecular weight excluding hydrogens is 270 g/mol. The molecule has 1 aliphatic heterocycles. The molecule has 0 saturated heterocycles. The molecule has 1 heterocycles. The number of rotatable bonds is 3. The molecule has 114 valence electrons. The Balaban J connectivity index is 1.90. The third kappa shape index (κ3) is 3.22. The van der Waals surface area contributed by atoms with Crippen LogP contribution >= 0.6 is 0 Å². The molecule has 0 bridgehead atoms. The summed E-state index contributed by atoms with van der Waals surface area (Å²) in [6, 6.07) is 10.2. The van der Waals surface area contributed by atoms with Gasteiger partial charge in [0, 0.05) is 13.1 Å². The van der Waals surface area contributed by atoms with E-state index in [1.165, 1.54) is 5.57 Å². The average molecular weight is 293 g/mol. The van der Waals surface area contributed by atoms with E-state index in [4.69, 9.17) is 0 Å². The zero-order valence-electron chi connectivity index (χ0n) is 13.2. The van der Waals surface area contributed by atoms with Crippen molar-refractivity contribution in [3.8, 4) is 0 Å². The van der Waals surface area contributed by atoms with E-state index in [-0.39, 0.29) is 11.8 Å². The fraction of sp³-hybridized carbons (Fsp3) is 0.350. The first-order chi connectivity index (χ1) is 10.8. The molecular formula is C20H23NO. The number of benzene rings is 1. The smallest absolute Gasteiger partial charge is 0.234 e. The van der Waals surface area contributed by atoms with Crippen molar-refractivity contribution < 1.29 is 4.79 Å². The molecule has 1 aromatic carbocycles. The van der Waals surface area contributed by atoms with E-state index >= 15 is 0 Å². The molecule has 2 heteroatoms. The van der Waals surface area contributed by atoms with E-state index in [1.807, 2.05) is 23.1 Å². The molecule has 2 nitrogen and oxygen atoms in total. The van der Waals surface area contributed by atoms with Gasteiger partial charge in [0.2, 0.25) is 5.91 Å². The normalized spacial score (nSPS) is 19.4. The van der Waals surface area contributed by atoms with Gasteiger partial charge >= 0.3 is 0 Å². The second kappa shape index (κ2) is 6.78. The first-order valence-corrected chi connectivity index (χ1v) is 8.11. The van der Waals surface area contributed by atoms with Crippen molar-refractivity contribution in [1.29, 1.82) is 0 Å². The third-order valence-electron chi connectivity index (χ3n) is 4.48. The van der Waals surface area contributed by atoms with Crippen LogP contribution in [0, 0.1) is 0 Å². The van der Waals surface area contributed by atoms with Crippen molar-refractivity contribution in [2.75, 3.05) is 13.1 Å². The molecule has 1 aliphatic carbocycles. The highest BCUT2D eigenvalue weighted by atomic mass is 16.2. The maximum atomic E-state index is 13.1. The van der Waals surface area contributed by atoms with E-state index in [1.54, 1.807) is 0 Å². The molecule has 3 rings (SSSR count). The molecule has 0 N–H and O–H groups in total. The van der Waals surface area contributed by atoms with Crippen LogP contribution in [-0.2, 0) is 4.79 Å². The zero-order chi connectivity index (χ0) is 15.4. The molecule has 0 fully saturated rings. The lowest BCUT2D eigenvalue weighted by atomic mass is 9.86. The monoisotopic (exact) mass is 293 g/mol. The summed E-state index contributed by atoms with van der Waals surface area (Å²) in [6.45, 7) is 3.72. The Kier molecular flexibility index (Phi) is 4.57. The van der Waals surface area contributed by atoms with Crippen LogP contribution in [0.4, 0.5) is 0 Å². The van der Waals surface area contributed by atoms with Crippen LogP contribution in [0.2, 0.25) is 0 Å². The number of hydrogen-bond donors (Lipinski definition) is 0. The van der Waals surface area contributed by atoms with Gasteiger partial charge in [-0.1, -0.05) is 60.2 Å². The molecule has 1 unspecified atom stereocenters. The summed E-state index contributed by atoms with van der Waals surface area (Å²) in [5.74, 6) is 0.0670. The van der Waals surface area contributed by atoms with Gasteiger partial charge < -0.3 is 4.90 Å². The van der Waals surface area contributed by atoms with Crippen LogP contribution < -0.4 is 0 Å². The summed E-state index contributed by atoms with van der Waals surface area (Å²) in [6.07, 6.45) is 11.8. The van der Waals surface area contributed by atoms with Crippen molar-refractivity contribution >= 4 is 5.91 Å². The van der Waals surface area contributed by atoms with Gasteiger partial charge in [-0.25, -0.2) is 0 Å². The van der Waals surface area contributed by atoms with Crippen molar-refractivity contribution in [3.63, 3.8) is 0 Å². The van der Waals surface area contributed by atoms with Crippen LogP contribution in [0.1, 0.15) is 37.7 Å². The lowest BCUT2D eigenvalue weighted by Crippen LogP contribution is -2.38. The summed E-state index contributed by atoms with van der Waals surface area (Å²) < 4.78 is 0. The first-order valence-electron chi connectivity index (χ1n) is 8.11. The highest BCUT2D eigenvalue weighted by Crippen LogP contribution is 2.31. The molecule has 2 aliphatic rings. The molecule has 22 heavy (non-hydrogen) atoms. The summed E-state index contributed by atoms with van der Waals surface area (Å²) in [7, 11) is 0. The summed E-state index contributed by atoms with van der Waals surface area (Å²) in [4.78, 5) is 15.1. The Morgan fingerprint density at radius 2 is 1.95 bits per heavy atom. The molecule has 1 amide bonds. The standard InChI is InChI=1S/C20H23NO/c1-16-12-14-21(15-13-16)20(22)19(17-8-4-2-5-9-17)18-10-6-3-7-11-18/h2,4-6,8-12,19H,3,7,13-15H2,1H3. The molecule has 0 radical (unpaired) electrons. The van der Waals surface area contributed by atoms with Crippen LogP contribution in [0.3, 0.4) is 0 Å². The number of amides is 1. The highest BCUT2D eigenvalue weighted by Gasteiger charge is 2.28. The number of allylic oxidation sites excluding steroid dienone is 3. The van der Waals surface area contributed by atoms with Crippen molar-refractivity contribution in [2.24, 2.45) is 0 Å². The van der Waals surface area contributed by atoms with E-state index in [0.29, 0.717) is 0 Å². The van der Waals surface area contributed by atoms with Crippen molar-refractivity contribution in [1.82, 2.24) is 4.90 Å². The first kappa shape index (κ1) is 14.8. The Morgan fingerprint density at radius 1 is 1.14 bits per heavy atom. The predicted molar refractivity (Wildman–Crippen MR) is 90.6 cm³/mol. The Hall–Kier alpha value is -2.09. The Bertz CT molecular complexity index is 624. The van der Waals surface area contributed by atoms with E-state index in [2.05, 4.69) is 43.4 Å². The SMILES string of the molecule is CC1=CCN(C(=O)C(C2=CCCC=C2)c2ccccc2)CC1. The summed E-state index contributed by atoms with van der Waals surface area (Å²) in [5.41, 5.74) is 3.63. The fourth-order valence-electron chi connectivity index (χ4n) is 3.12. The summed E-state index contributed by atoms with van der Waals surface area (Å²) >= 11 is 0. The van der Waals surface area contributed by atoms with Crippen molar-refractivity contribution in [2.45, 2.75) is 32.1 Å². The second-order valence-electron chi connectivity index (χ2n) is 6.11.